The van der Waals surface area contributed by atoms with E-state index in [9.17, 15) is 16.8 Å². The second kappa shape index (κ2) is 6.60. The number of benzene rings is 2. The summed E-state index contributed by atoms with van der Waals surface area (Å²) in [6.07, 6.45) is 0.976. The van der Waals surface area contributed by atoms with E-state index < -0.39 is 25.9 Å². The van der Waals surface area contributed by atoms with Gasteiger partial charge >= 0.3 is 0 Å². The summed E-state index contributed by atoms with van der Waals surface area (Å²) in [4.78, 5) is -0.487. The molecule has 2 rings (SSSR count). The maximum Gasteiger partial charge on any atom is 0.242 e. The molecule has 1 unspecified atom stereocenters. The van der Waals surface area contributed by atoms with Crippen LogP contribution in [0.5, 0.6) is 0 Å². The first-order chi connectivity index (χ1) is 10.6. The summed E-state index contributed by atoms with van der Waals surface area (Å²) in [5.41, 5.74) is 0.717. The minimum absolute atomic E-state index is 0.226. The summed E-state index contributed by atoms with van der Waals surface area (Å²) in [5.74, 6) is 0. The van der Waals surface area contributed by atoms with Crippen molar-refractivity contribution in [2.24, 2.45) is 0 Å². The largest absolute Gasteiger partial charge is 0.242 e. The molecule has 5 nitrogen and oxygen atoms in total. The molecule has 124 valence electrons. The second-order valence-electron chi connectivity index (χ2n) is 5.11. The molecule has 2 aromatic rings. The van der Waals surface area contributed by atoms with E-state index in [1.807, 2.05) is 0 Å². The van der Waals surface area contributed by atoms with Crippen molar-refractivity contribution in [1.29, 1.82) is 0 Å². The van der Waals surface area contributed by atoms with E-state index in [2.05, 4.69) is 4.72 Å². The predicted octanol–water partition coefficient (Wildman–Crippen LogP) is 2.78. The van der Waals surface area contributed by atoms with Gasteiger partial charge in [-0.3, -0.25) is 0 Å². The third-order valence-electron chi connectivity index (χ3n) is 3.24. The van der Waals surface area contributed by atoms with Gasteiger partial charge in [-0.25, -0.2) is 21.6 Å². The van der Waals surface area contributed by atoms with E-state index in [4.69, 9.17) is 11.6 Å². The number of sulfonamides is 1. The third-order valence-corrected chi connectivity index (χ3v) is 6.38. The van der Waals surface area contributed by atoms with Crippen molar-refractivity contribution in [2.75, 3.05) is 6.26 Å². The number of hydrogen-bond donors (Lipinski definition) is 1. The molecular formula is C15H16ClNO4S2. The zero-order valence-corrected chi connectivity index (χ0v) is 14.9. The minimum Gasteiger partial charge on any atom is -0.224 e. The Balaban J connectivity index is 2.38. The Labute approximate surface area is 141 Å². The van der Waals surface area contributed by atoms with E-state index in [0.717, 1.165) is 11.8 Å². The molecule has 0 saturated heterocycles. The van der Waals surface area contributed by atoms with Gasteiger partial charge in [-0.15, -0.1) is 0 Å². The summed E-state index contributed by atoms with van der Waals surface area (Å²) in [5, 5.41) is 0.547. The van der Waals surface area contributed by atoms with Crippen LogP contribution in [0, 0.1) is 0 Å². The fraction of sp³-hybridized carbons (Fsp3) is 0.200. The van der Waals surface area contributed by atoms with Crippen LogP contribution in [0.15, 0.2) is 58.3 Å². The van der Waals surface area contributed by atoms with Crippen LogP contribution in [0.2, 0.25) is 5.02 Å². The summed E-state index contributed by atoms with van der Waals surface area (Å²) < 4.78 is 51.2. The van der Waals surface area contributed by atoms with Gasteiger partial charge in [0, 0.05) is 17.3 Å². The molecule has 0 aliphatic rings. The van der Waals surface area contributed by atoms with E-state index >= 15 is 0 Å². The predicted molar refractivity (Wildman–Crippen MR) is 89.7 cm³/mol. The van der Waals surface area contributed by atoms with E-state index in [0.29, 0.717) is 5.02 Å². The number of nitrogens with one attached hydrogen (secondary N) is 1. The normalized spacial score (nSPS) is 13.7. The van der Waals surface area contributed by atoms with Crippen molar-refractivity contribution in [2.45, 2.75) is 22.8 Å². The number of halogens is 1. The van der Waals surface area contributed by atoms with Crippen LogP contribution in [0.1, 0.15) is 18.5 Å². The van der Waals surface area contributed by atoms with Gasteiger partial charge in [-0.1, -0.05) is 35.9 Å². The molecule has 0 spiro atoms. The highest BCUT2D eigenvalue weighted by atomic mass is 35.5. The number of hydrogen-bond acceptors (Lipinski definition) is 4. The van der Waals surface area contributed by atoms with Crippen LogP contribution >= 0.6 is 11.6 Å². The molecule has 2 aromatic carbocycles. The fourth-order valence-corrected chi connectivity index (χ4v) is 5.08. The third kappa shape index (κ3) is 4.32. The molecule has 23 heavy (non-hydrogen) atoms. The smallest absolute Gasteiger partial charge is 0.224 e. The molecule has 0 heterocycles. The van der Waals surface area contributed by atoms with Crippen LogP contribution in [0.3, 0.4) is 0 Å². The quantitative estimate of drug-likeness (QED) is 0.873. The van der Waals surface area contributed by atoms with Crippen LogP contribution < -0.4 is 4.72 Å². The van der Waals surface area contributed by atoms with Gasteiger partial charge in [-0.2, -0.15) is 0 Å². The first-order valence-corrected chi connectivity index (χ1v) is 10.4. The van der Waals surface area contributed by atoms with Crippen LogP contribution in [0.4, 0.5) is 0 Å². The Morgan fingerprint density at radius 1 is 0.913 bits per heavy atom. The molecular weight excluding hydrogens is 358 g/mol. The van der Waals surface area contributed by atoms with Gasteiger partial charge in [-0.05, 0) is 36.8 Å². The highest BCUT2D eigenvalue weighted by Gasteiger charge is 2.25. The zero-order valence-electron chi connectivity index (χ0n) is 12.5. The first-order valence-electron chi connectivity index (χ1n) is 6.68. The van der Waals surface area contributed by atoms with Crippen LogP contribution in [-0.2, 0) is 19.9 Å². The standard InChI is InChI=1S/C15H16ClNO4S2/c1-11(12-7-9-13(16)10-8-12)17-23(20,21)15-6-4-3-5-14(15)22(2,18)19/h3-11,17H,1-2H3. The lowest BCUT2D eigenvalue weighted by Crippen LogP contribution is -2.28. The molecule has 0 aliphatic heterocycles. The van der Waals surface area contributed by atoms with Crippen LogP contribution in [0.25, 0.3) is 0 Å². The lowest BCUT2D eigenvalue weighted by molar-refractivity contribution is 0.561. The Hall–Kier alpha value is -1.41. The summed E-state index contributed by atoms with van der Waals surface area (Å²) in [6.45, 7) is 1.67. The SMILES string of the molecule is CC(NS(=O)(=O)c1ccccc1S(C)(=O)=O)c1ccc(Cl)cc1. The molecule has 1 N–H and O–H groups in total. The number of sulfone groups is 1. The maximum atomic E-state index is 12.5. The molecule has 0 fully saturated rings. The monoisotopic (exact) mass is 373 g/mol. The molecule has 8 heteroatoms. The average Bonchev–Trinajstić information content (AvgIpc) is 2.46. The lowest BCUT2D eigenvalue weighted by atomic mass is 10.1. The molecule has 1 atom stereocenters. The Morgan fingerprint density at radius 3 is 1.96 bits per heavy atom. The van der Waals surface area contributed by atoms with Gasteiger partial charge in [0.05, 0.1) is 4.90 Å². The minimum atomic E-state index is -3.99. The molecule has 0 radical (unpaired) electrons. The van der Waals surface area contributed by atoms with Gasteiger partial charge in [0.2, 0.25) is 10.0 Å². The first kappa shape index (κ1) is 17.9. The van der Waals surface area contributed by atoms with Gasteiger partial charge in [0.15, 0.2) is 9.84 Å². The maximum absolute atomic E-state index is 12.5. The Bertz CT molecular complexity index is 907. The zero-order chi connectivity index (χ0) is 17.3. The number of rotatable bonds is 5. The molecule has 0 amide bonds. The van der Waals surface area contributed by atoms with Crippen molar-refractivity contribution in [3.8, 4) is 0 Å². The van der Waals surface area contributed by atoms with Crippen molar-refractivity contribution in [3.05, 3.63) is 59.1 Å². The Kier molecular flexibility index (Phi) is 5.15. The van der Waals surface area contributed by atoms with Gasteiger partial charge < -0.3 is 0 Å². The summed E-state index contributed by atoms with van der Waals surface area (Å²) in [6, 6.07) is 11.7. The second-order valence-corrected chi connectivity index (χ2v) is 9.22. The van der Waals surface area contributed by atoms with E-state index in [-0.39, 0.29) is 9.79 Å². The fourth-order valence-electron chi connectivity index (χ4n) is 2.09. The molecule has 0 saturated carbocycles. The molecule has 0 aromatic heterocycles. The summed E-state index contributed by atoms with van der Waals surface area (Å²) >= 11 is 5.81. The lowest BCUT2D eigenvalue weighted by Gasteiger charge is -2.16. The molecule has 0 aliphatic carbocycles. The molecule has 0 bridgehead atoms. The van der Waals surface area contributed by atoms with Crippen molar-refractivity contribution >= 4 is 31.5 Å². The highest BCUT2D eigenvalue weighted by Crippen LogP contribution is 2.23. The topological polar surface area (TPSA) is 80.3 Å². The average molecular weight is 374 g/mol. The Morgan fingerprint density at radius 2 is 1.43 bits per heavy atom. The van der Waals surface area contributed by atoms with E-state index in [1.54, 1.807) is 31.2 Å². The summed E-state index contributed by atoms with van der Waals surface area (Å²) in [7, 11) is -7.65. The highest BCUT2D eigenvalue weighted by molar-refractivity contribution is 7.93. The van der Waals surface area contributed by atoms with Crippen LogP contribution in [-0.4, -0.2) is 23.1 Å². The van der Waals surface area contributed by atoms with Crippen molar-refractivity contribution in [3.63, 3.8) is 0 Å². The van der Waals surface area contributed by atoms with Crippen molar-refractivity contribution < 1.29 is 16.8 Å². The van der Waals surface area contributed by atoms with E-state index in [1.165, 1.54) is 24.3 Å². The van der Waals surface area contributed by atoms with Gasteiger partial charge in [0.25, 0.3) is 0 Å². The van der Waals surface area contributed by atoms with Gasteiger partial charge in [0.1, 0.15) is 4.90 Å². The van der Waals surface area contributed by atoms with Crippen molar-refractivity contribution in [1.82, 2.24) is 4.72 Å².